The molecule has 0 N–H and O–H groups in total. The molecule has 210 valence electrons. The molecule has 0 fully saturated rings. The van der Waals surface area contributed by atoms with Crippen LogP contribution in [0.3, 0.4) is 0 Å². The van der Waals surface area contributed by atoms with Gasteiger partial charge in [-0.05, 0) is 50.8 Å². The van der Waals surface area contributed by atoms with Crippen LogP contribution in [-0.2, 0) is 0 Å². The Labute approximate surface area is 294 Å². The van der Waals surface area contributed by atoms with Gasteiger partial charge in [0.2, 0.25) is 0 Å². The average molecular weight is 601 g/mol. The van der Waals surface area contributed by atoms with Crippen LogP contribution in [0.2, 0.25) is 0 Å². The van der Waals surface area contributed by atoms with Gasteiger partial charge in [-0.15, -0.1) is 0 Å². The molecule has 0 aliphatic heterocycles. The predicted molar refractivity (Wildman–Crippen MR) is 184 cm³/mol. The lowest BCUT2D eigenvalue weighted by Crippen LogP contribution is -2.00. The summed E-state index contributed by atoms with van der Waals surface area (Å²) < 4.78 is 225. The lowest BCUT2D eigenvalue weighted by atomic mass is 9.91. The summed E-state index contributed by atoms with van der Waals surface area (Å²) in [6.45, 7) is 0. The van der Waals surface area contributed by atoms with Gasteiger partial charge in [0.05, 0.1) is 34.3 Å². The first kappa shape index (κ1) is 10.8. The number of hydrogen-bond acceptors (Lipinski definition) is 4. The van der Waals surface area contributed by atoms with E-state index in [0.29, 0.717) is 0 Å². The van der Waals surface area contributed by atoms with E-state index in [1.165, 1.54) is 0 Å². The first-order valence-electron chi connectivity index (χ1n) is 25.5. The Morgan fingerprint density at radius 2 is 0.933 bits per heavy atom. The average Bonchev–Trinajstić information content (AvgIpc) is 3.73. The maximum Gasteiger partial charge on any atom is 0.164 e. The zero-order chi connectivity index (χ0) is 51.5. The number of rotatable bonds is 4. The lowest BCUT2D eigenvalue weighted by Gasteiger charge is -2.14. The molecule has 0 unspecified atom stereocenters. The molecule has 4 heteroatoms. The molecule has 0 radical (unpaired) electrons. The Hall–Kier alpha value is -6.13. The summed E-state index contributed by atoms with van der Waals surface area (Å²) in [4.78, 5) is 12.9. The van der Waals surface area contributed by atoms with Crippen LogP contribution in [0.1, 0.15) is 34.3 Å². The lowest BCUT2D eigenvalue weighted by molar-refractivity contribution is 0.669. The molecule has 0 spiro atoms. The van der Waals surface area contributed by atoms with Gasteiger partial charge in [0, 0.05) is 27.5 Å². The Balaban J connectivity index is 1.54. The molecular formula is C41H25N3O. The summed E-state index contributed by atoms with van der Waals surface area (Å²) in [5.41, 5.74) is -4.69. The van der Waals surface area contributed by atoms with E-state index < -0.39 is 240 Å². The van der Waals surface area contributed by atoms with E-state index in [0.717, 1.165) is 0 Å². The van der Waals surface area contributed by atoms with Crippen molar-refractivity contribution in [2.45, 2.75) is 0 Å². The third-order valence-corrected chi connectivity index (χ3v) is 6.82. The van der Waals surface area contributed by atoms with Crippen molar-refractivity contribution < 1.29 is 38.7 Å². The Kier molecular flexibility index (Phi) is 2.46. The standard InChI is InChI=1S/C41H25N3O/c1-3-13-27(14-4-1)39-42-40(28-15-5-2-6-16-28)44-41(43-39)34-24-23-32(30-18-9-10-19-31(30)34)33-20-11-21-35-38(33)37-29-17-8-7-12-26(29)22-25-36(37)45-35/h1-25H/i1D,2D,3D,4D,5D,6D,7D,8D,9D,10D,11D,12D,13D,14D,15D,16D,17D,18D,19D,20D,21D,22D,23D,24D,25D. The van der Waals surface area contributed by atoms with Gasteiger partial charge in [0.15, 0.2) is 17.5 Å². The maximum atomic E-state index is 9.68. The number of nitrogens with zero attached hydrogens (tertiary/aromatic N) is 3. The summed E-state index contributed by atoms with van der Waals surface area (Å²) >= 11 is 0. The van der Waals surface area contributed by atoms with Crippen molar-refractivity contribution >= 4 is 43.5 Å². The normalized spacial score (nSPS) is 19.3. The third-order valence-electron chi connectivity index (χ3n) is 6.82. The SMILES string of the molecule is [2H]c1c([2H])c([2H])c(-c2nc(-c3c([2H])c([2H])c([2H])c([2H])c3[2H])nc(-c3c([2H])c([2H])c(-c4c([2H])c([2H])c([2H])c5oc6c([2H])c([2H])c7c([2H])c([2H])c([2H])c([2H])c7c6c45)c4c([2H])c([2H])c([2H])c([2H])c34)n2)c([2H])c1[2H]. The van der Waals surface area contributed by atoms with Crippen LogP contribution < -0.4 is 0 Å². The molecule has 2 heterocycles. The summed E-state index contributed by atoms with van der Waals surface area (Å²) in [6.07, 6.45) is 0. The maximum absolute atomic E-state index is 9.68. The van der Waals surface area contributed by atoms with Crippen molar-refractivity contribution in [1.29, 1.82) is 0 Å². The van der Waals surface area contributed by atoms with Gasteiger partial charge in [-0.25, -0.2) is 15.0 Å². The molecular weight excluding hydrogens is 550 g/mol. The van der Waals surface area contributed by atoms with E-state index in [1.807, 2.05) is 0 Å². The van der Waals surface area contributed by atoms with Crippen LogP contribution in [0.15, 0.2) is 155 Å². The van der Waals surface area contributed by atoms with Crippen molar-refractivity contribution in [3.8, 4) is 45.3 Å². The van der Waals surface area contributed by atoms with Crippen molar-refractivity contribution in [2.24, 2.45) is 0 Å². The van der Waals surface area contributed by atoms with E-state index in [1.54, 1.807) is 0 Å². The Morgan fingerprint density at radius 1 is 0.378 bits per heavy atom. The fourth-order valence-corrected chi connectivity index (χ4v) is 4.93. The van der Waals surface area contributed by atoms with Gasteiger partial charge in [0.25, 0.3) is 0 Å². The monoisotopic (exact) mass is 600 g/mol. The highest BCUT2D eigenvalue weighted by Gasteiger charge is 2.19. The van der Waals surface area contributed by atoms with Gasteiger partial charge < -0.3 is 4.42 Å². The van der Waals surface area contributed by atoms with Gasteiger partial charge in [-0.1, -0.05) is 133 Å². The molecule has 2 aromatic heterocycles. The second kappa shape index (κ2) is 10.2. The molecule has 0 saturated carbocycles. The molecule has 7 aromatic carbocycles. The minimum Gasteiger partial charge on any atom is -0.456 e. The number of furan rings is 1. The van der Waals surface area contributed by atoms with Crippen molar-refractivity contribution in [3.63, 3.8) is 0 Å². The second-order valence-electron chi connectivity index (χ2n) is 9.32. The van der Waals surface area contributed by atoms with Gasteiger partial charge in [-0.2, -0.15) is 0 Å². The third kappa shape index (κ3) is 4.19. The predicted octanol–water partition coefficient (Wildman–Crippen LogP) is 10.7. The molecule has 45 heavy (non-hydrogen) atoms. The van der Waals surface area contributed by atoms with E-state index >= 15 is 0 Å². The van der Waals surface area contributed by atoms with Gasteiger partial charge in [0.1, 0.15) is 11.2 Å². The highest BCUT2D eigenvalue weighted by molar-refractivity contribution is 6.24. The molecule has 9 aromatic rings. The zero-order valence-electron chi connectivity index (χ0n) is 47.2. The molecule has 4 nitrogen and oxygen atoms in total. The fraction of sp³-hybridized carbons (Fsp3) is 0. The van der Waals surface area contributed by atoms with E-state index in [9.17, 15) is 6.85 Å². The zero-order valence-corrected chi connectivity index (χ0v) is 22.2. The fourth-order valence-electron chi connectivity index (χ4n) is 4.93. The second-order valence-corrected chi connectivity index (χ2v) is 9.32. The topological polar surface area (TPSA) is 51.8 Å². The number of benzene rings is 7. The minimum atomic E-state index is -1.03. The van der Waals surface area contributed by atoms with Gasteiger partial charge in [-0.3, -0.25) is 0 Å². The van der Waals surface area contributed by atoms with E-state index in [2.05, 4.69) is 15.0 Å². The van der Waals surface area contributed by atoms with Crippen LogP contribution in [0.4, 0.5) is 0 Å². The van der Waals surface area contributed by atoms with E-state index in [4.69, 9.17) is 31.8 Å². The van der Waals surface area contributed by atoms with Crippen LogP contribution in [0.5, 0.6) is 0 Å². The molecule has 0 aliphatic carbocycles. The van der Waals surface area contributed by atoms with Crippen molar-refractivity contribution in [3.05, 3.63) is 151 Å². The molecule has 9 rings (SSSR count). The molecule has 0 atom stereocenters. The Morgan fingerprint density at radius 3 is 1.64 bits per heavy atom. The summed E-state index contributed by atoms with van der Waals surface area (Å²) in [6, 6.07) is -21.8. The van der Waals surface area contributed by atoms with Crippen molar-refractivity contribution in [1.82, 2.24) is 15.0 Å². The van der Waals surface area contributed by atoms with Gasteiger partial charge >= 0.3 is 0 Å². The van der Waals surface area contributed by atoms with Crippen LogP contribution in [0.25, 0.3) is 88.8 Å². The number of fused-ring (bicyclic) bond motifs is 6. The summed E-state index contributed by atoms with van der Waals surface area (Å²) in [5.74, 6) is -2.47. The smallest absolute Gasteiger partial charge is 0.164 e. The quantitative estimate of drug-likeness (QED) is 0.202. The first-order valence-corrected chi connectivity index (χ1v) is 13.0. The minimum absolute atomic E-state index is 0.400. The molecule has 0 amide bonds. The largest absolute Gasteiger partial charge is 0.456 e. The van der Waals surface area contributed by atoms with Crippen LogP contribution >= 0.6 is 0 Å². The van der Waals surface area contributed by atoms with E-state index in [-0.39, 0.29) is 0 Å². The molecule has 0 aliphatic rings. The number of hydrogen-bond donors (Lipinski definition) is 0. The molecule has 0 bridgehead atoms. The summed E-state index contributed by atoms with van der Waals surface area (Å²) in [5, 5.41) is -3.18. The number of aromatic nitrogens is 3. The Bertz CT molecular complexity index is 3820. The highest BCUT2D eigenvalue weighted by Crippen LogP contribution is 2.43. The van der Waals surface area contributed by atoms with Crippen LogP contribution in [-0.4, -0.2) is 15.0 Å². The summed E-state index contributed by atoms with van der Waals surface area (Å²) in [7, 11) is 0. The van der Waals surface area contributed by atoms with Crippen LogP contribution in [0, 0.1) is 0 Å². The first-order chi connectivity index (χ1) is 32.7. The van der Waals surface area contributed by atoms with Crippen molar-refractivity contribution in [2.75, 3.05) is 0 Å². The highest BCUT2D eigenvalue weighted by atomic mass is 16.3. The molecule has 0 saturated heterocycles.